The van der Waals surface area contributed by atoms with Crippen LogP contribution in [0.25, 0.3) is 0 Å². The zero-order valence-corrected chi connectivity index (χ0v) is 18.8. The number of aliphatic hydroxyl groups excluding tert-OH is 2. The molecule has 0 bridgehead atoms. The van der Waals surface area contributed by atoms with Crippen molar-refractivity contribution < 1.29 is 48.5 Å². The van der Waals surface area contributed by atoms with E-state index in [1.165, 1.54) is 25.3 Å². The predicted molar refractivity (Wildman–Crippen MR) is 117 cm³/mol. The number of fused-ring (bicyclic) bond motifs is 1. The average molecular weight is 476 g/mol. The number of phenolic OH excluding ortho intramolecular Hbond substituents is 1. The van der Waals surface area contributed by atoms with Crippen molar-refractivity contribution in [1.29, 1.82) is 0 Å². The summed E-state index contributed by atoms with van der Waals surface area (Å²) in [6.07, 6.45) is -5.22. The van der Waals surface area contributed by atoms with E-state index in [1.807, 2.05) is 24.3 Å². The molecule has 2 saturated heterocycles. The SMILES string of the molecule is COc1ccc(CCC(=O)c2c(O)cccc2O[C@@H]2O[C@@H]3COC(OC)O[C@H]3[C@H](O)[C@H]2O)cc1. The zero-order valence-electron chi connectivity index (χ0n) is 18.8. The molecule has 2 aromatic carbocycles. The molecule has 10 heteroatoms. The van der Waals surface area contributed by atoms with E-state index in [0.29, 0.717) is 12.2 Å². The maximum atomic E-state index is 13.0. The summed E-state index contributed by atoms with van der Waals surface area (Å²) in [5.41, 5.74) is 0.901. The number of ketones is 1. The molecule has 10 nitrogen and oxygen atoms in total. The summed E-state index contributed by atoms with van der Waals surface area (Å²) in [6.45, 7) is -0.939. The predicted octanol–water partition coefficient (Wildman–Crippen LogP) is 1.39. The highest BCUT2D eigenvalue weighted by molar-refractivity contribution is 6.01. The van der Waals surface area contributed by atoms with Gasteiger partial charge in [0.2, 0.25) is 6.29 Å². The van der Waals surface area contributed by atoms with Gasteiger partial charge >= 0.3 is 0 Å². The van der Waals surface area contributed by atoms with Crippen LogP contribution in [0.5, 0.6) is 17.2 Å². The van der Waals surface area contributed by atoms with Crippen LogP contribution in [-0.4, -0.2) is 79.1 Å². The molecule has 2 aromatic rings. The molecule has 184 valence electrons. The zero-order chi connectivity index (χ0) is 24.2. The Bertz CT molecular complexity index is 976. The van der Waals surface area contributed by atoms with Crippen LogP contribution in [0.2, 0.25) is 0 Å². The Morgan fingerprint density at radius 2 is 1.82 bits per heavy atom. The Balaban J connectivity index is 1.46. The molecule has 2 aliphatic rings. The van der Waals surface area contributed by atoms with Gasteiger partial charge in [-0.2, -0.15) is 0 Å². The van der Waals surface area contributed by atoms with Crippen LogP contribution in [0.1, 0.15) is 22.3 Å². The summed E-state index contributed by atoms with van der Waals surface area (Å²) in [5.74, 6) is 0.142. The number of aliphatic hydroxyl groups is 2. The number of aromatic hydroxyl groups is 1. The number of carbonyl (C=O) groups excluding carboxylic acids is 1. The number of carbonyl (C=O) groups is 1. The first-order chi connectivity index (χ1) is 16.4. The van der Waals surface area contributed by atoms with E-state index in [4.69, 9.17) is 28.4 Å². The average Bonchev–Trinajstić information content (AvgIpc) is 2.86. The van der Waals surface area contributed by atoms with Gasteiger partial charge in [-0.25, -0.2) is 0 Å². The molecule has 0 aliphatic carbocycles. The van der Waals surface area contributed by atoms with E-state index >= 15 is 0 Å². The van der Waals surface area contributed by atoms with Gasteiger partial charge in [-0.15, -0.1) is 0 Å². The van der Waals surface area contributed by atoms with Gasteiger partial charge in [0.25, 0.3) is 6.48 Å². The maximum Gasteiger partial charge on any atom is 0.271 e. The van der Waals surface area contributed by atoms with Gasteiger partial charge in [-0.3, -0.25) is 4.79 Å². The summed E-state index contributed by atoms with van der Waals surface area (Å²) in [4.78, 5) is 13.0. The van der Waals surface area contributed by atoms with Gasteiger partial charge < -0.3 is 43.7 Å². The summed E-state index contributed by atoms with van der Waals surface area (Å²) in [7, 11) is 2.97. The monoisotopic (exact) mass is 476 g/mol. The van der Waals surface area contributed by atoms with Gasteiger partial charge in [-0.05, 0) is 36.2 Å². The molecule has 0 aromatic heterocycles. The molecule has 2 aliphatic heterocycles. The minimum absolute atomic E-state index is 0.0287. The van der Waals surface area contributed by atoms with Crippen molar-refractivity contribution in [1.82, 2.24) is 0 Å². The largest absolute Gasteiger partial charge is 0.507 e. The molecular weight excluding hydrogens is 448 g/mol. The molecule has 6 atom stereocenters. The number of benzene rings is 2. The van der Waals surface area contributed by atoms with E-state index in [9.17, 15) is 20.1 Å². The lowest BCUT2D eigenvalue weighted by Gasteiger charge is -2.45. The van der Waals surface area contributed by atoms with Crippen LogP contribution in [0.15, 0.2) is 42.5 Å². The van der Waals surface area contributed by atoms with E-state index in [0.717, 1.165) is 5.56 Å². The van der Waals surface area contributed by atoms with Crippen molar-refractivity contribution in [2.24, 2.45) is 0 Å². The summed E-state index contributed by atoms with van der Waals surface area (Å²) in [6, 6.07) is 11.7. The number of hydrogen-bond donors (Lipinski definition) is 3. The standard InChI is InChI=1S/C24H28O10/c1-29-14-9-6-13(7-10-14)8-11-16(26)19-15(25)4-3-5-17(19)32-23-21(28)20(27)22-18(33-23)12-31-24(30-2)34-22/h3-7,9-10,18,20-25,27-28H,8,11-12H2,1-2H3/t18-,20-,21-,22-,23-,24?/m1/s1. The van der Waals surface area contributed by atoms with Crippen LogP contribution in [-0.2, 0) is 25.4 Å². The van der Waals surface area contributed by atoms with E-state index in [-0.39, 0.29) is 35.9 Å². The molecule has 4 rings (SSSR count). The summed E-state index contributed by atoms with van der Waals surface area (Å²) >= 11 is 0. The van der Waals surface area contributed by atoms with Gasteiger partial charge in [0.05, 0.1) is 13.7 Å². The Hall–Kier alpha value is -2.73. The number of Topliss-reactive ketones (excluding diaryl/α,β-unsaturated/α-hetero) is 1. The quantitative estimate of drug-likeness (QED) is 0.480. The fourth-order valence-corrected chi connectivity index (χ4v) is 3.97. The third kappa shape index (κ3) is 5.17. The van der Waals surface area contributed by atoms with E-state index < -0.39 is 37.2 Å². The van der Waals surface area contributed by atoms with Crippen LogP contribution in [0.4, 0.5) is 0 Å². The molecule has 0 amide bonds. The third-order valence-electron chi connectivity index (χ3n) is 5.82. The second-order valence-corrected chi connectivity index (χ2v) is 8.02. The summed E-state index contributed by atoms with van der Waals surface area (Å²) in [5, 5.41) is 31.5. The van der Waals surface area contributed by atoms with Crippen molar-refractivity contribution in [3.8, 4) is 17.2 Å². The van der Waals surface area contributed by atoms with E-state index in [2.05, 4.69) is 0 Å². The Morgan fingerprint density at radius 3 is 2.53 bits per heavy atom. The molecular formula is C24H28O10. The van der Waals surface area contributed by atoms with Crippen molar-refractivity contribution in [2.75, 3.05) is 20.8 Å². The first-order valence-corrected chi connectivity index (χ1v) is 10.9. The Kier molecular flexibility index (Phi) is 7.67. The van der Waals surface area contributed by atoms with Crippen molar-refractivity contribution in [2.45, 2.75) is 50.0 Å². The lowest BCUT2D eigenvalue weighted by Crippen LogP contribution is -2.64. The number of rotatable bonds is 8. The van der Waals surface area contributed by atoms with Crippen LogP contribution >= 0.6 is 0 Å². The lowest BCUT2D eigenvalue weighted by molar-refractivity contribution is -0.394. The normalized spacial score (nSPS) is 28.7. The van der Waals surface area contributed by atoms with Crippen LogP contribution < -0.4 is 9.47 Å². The molecule has 2 fully saturated rings. The summed E-state index contributed by atoms with van der Waals surface area (Å²) < 4.78 is 32.4. The highest BCUT2D eigenvalue weighted by Crippen LogP contribution is 2.34. The molecule has 3 N–H and O–H groups in total. The van der Waals surface area contributed by atoms with E-state index in [1.54, 1.807) is 7.11 Å². The molecule has 1 unspecified atom stereocenters. The Morgan fingerprint density at radius 1 is 1.06 bits per heavy atom. The number of aryl methyl sites for hydroxylation is 1. The minimum atomic E-state index is -1.48. The van der Waals surface area contributed by atoms with Crippen molar-refractivity contribution in [3.63, 3.8) is 0 Å². The number of hydrogen-bond acceptors (Lipinski definition) is 10. The van der Waals surface area contributed by atoms with Gasteiger partial charge in [0.1, 0.15) is 47.2 Å². The molecule has 34 heavy (non-hydrogen) atoms. The lowest BCUT2D eigenvalue weighted by atomic mass is 9.98. The second kappa shape index (κ2) is 10.7. The topological polar surface area (TPSA) is 133 Å². The van der Waals surface area contributed by atoms with Crippen LogP contribution in [0.3, 0.4) is 0 Å². The molecule has 0 radical (unpaired) electrons. The van der Waals surface area contributed by atoms with Crippen molar-refractivity contribution >= 4 is 5.78 Å². The number of methoxy groups -OCH3 is 2. The van der Waals surface area contributed by atoms with Gasteiger partial charge in [0.15, 0.2) is 5.78 Å². The Labute approximate surface area is 196 Å². The van der Waals surface area contributed by atoms with Gasteiger partial charge in [0, 0.05) is 13.5 Å². The maximum absolute atomic E-state index is 13.0. The second-order valence-electron chi connectivity index (χ2n) is 8.02. The number of ether oxygens (including phenoxy) is 6. The minimum Gasteiger partial charge on any atom is -0.507 e. The van der Waals surface area contributed by atoms with Crippen molar-refractivity contribution in [3.05, 3.63) is 53.6 Å². The highest BCUT2D eigenvalue weighted by Gasteiger charge is 2.50. The first-order valence-electron chi connectivity index (χ1n) is 10.9. The van der Waals surface area contributed by atoms with Gasteiger partial charge in [-0.1, -0.05) is 18.2 Å². The molecule has 0 spiro atoms. The molecule has 0 saturated carbocycles. The molecule has 2 heterocycles. The smallest absolute Gasteiger partial charge is 0.271 e. The fourth-order valence-electron chi connectivity index (χ4n) is 3.97. The third-order valence-corrected chi connectivity index (χ3v) is 5.82. The van der Waals surface area contributed by atoms with Crippen LogP contribution in [0, 0.1) is 0 Å². The first kappa shape index (κ1) is 24.4. The highest BCUT2D eigenvalue weighted by atomic mass is 16.9. The fraction of sp³-hybridized carbons (Fsp3) is 0.458. The number of phenols is 1.